The predicted molar refractivity (Wildman–Crippen MR) is 111 cm³/mol. The second-order valence-corrected chi connectivity index (χ2v) is 7.72. The maximum atomic E-state index is 10.4. The van der Waals surface area contributed by atoms with E-state index in [0.717, 1.165) is 24.3 Å². The van der Waals surface area contributed by atoms with E-state index in [1.54, 1.807) is 14.2 Å². The van der Waals surface area contributed by atoms with E-state index in [1.165, 1.54) is 16.7 Å². The fraction of sp³-hybridized carbons (Fsp3) is 0.375. The Hall–Kier alpha value is -2.75. The monoisotopic (exact) mass is 380 g/mol. The molecular formula is C24H28O4. The molecule has 4 heteroatoms. The second-order valence-electron chi connectivity index (χ2n) is 7.72. The summed E-state index contributed by atoms with van der Waals surface area (Å²) in [5.41, 5.74) is 3.81. The van der Waals surface area contributed by atoms with Gasteiger partial charge in [-0.3, -0.25) is 4.79 Å². The van der Waals surface area contributed by atoms with E-state index in [9.17, 15) is 4.79 Å². The van der Waals surface area contributed by atoms with Gasteiger partial charge in [0.2, 0.25) is 0 Å². The van der Waals surface area contributed by atoms with Crippen molar-refractivity contribution in [2.75, 3.05) is 14.2 Å². The first kappa shape index (κ1) is 20.0. The van der Waals surface area contributed by atoms with E-state index in [-0.39, 0.29) is 11.6 Å². The number of carbonyl (C=O) groups is 1. The quantitative estimate of drug-likeness (QED) is 0.688. The molecule has 0 bridgehead atoms. The lowest BCUT2D eigenvalue weighted by Crippen LogP contribution is -2.17. The van der Waals surface area contributed by atoms with Crippen molar-refractivity contribution in [2.45, 2.75) is 44.6 Å². The largest absolute Gasteiger partial charge is 0.493 e. The first-order valence-electron chi connectivity index (χ1n) is 9.62. The molecule has 0 spiro atoms. The number of fused-ring (bicyclic) bond motifs is 1. The molecule has 2 aromatic carbocycles. The highest BCUT2D eigenvalue weighted by Gasteiger charge is 2.30. The average molecular weight is 380 g/mol. The summed E-state index contributed by atoms with van der Waals surface area (Å²) in [6.07, 6.45) is 6.93. The lowest BCUT2D eigenvalue weighted by atomic mass is 9.93. The lowest BCUT2D eigenvalue weighted by Gasteiger charge is -2.14. The smallest absolute Gasteiger partial charge is 0.306 e. The molecule has 0 saturated carbocycles. The third-order valence-corrected chi connectivity index (χ3v) is 5.13. The predicted octanol–water partition coefficient (Wildman–Crippen LogP) is 5.16. The minimum atomic E-state index is -0.183. The van der Waals surface area contributed by atoms with Gasteiger partial charge >= 0.3 is 5.97 Å². The van der Waals surface area contributed by atoms with Gasteiger partial charge in [-0.1, -0.05) is 42.5 Å². The summed E-state index contributed by atoms with van der Waals surface area (Å²) in [6.45, 7) is 3.86. The molecule has 148 valence electrons. The Morgan fingerprint density at radius 3 is 2.43 bits per heavy atom. The number of methoxy groups -OCH3 is 2. The number of carbonyl (C=O) groups excluding carboxylic acids is 1. The van der Waals surface area contributed by atoms with Gasteiger partial charge in [0.1, 0.15) is 5.60 Å². The van der Waals surface area contributed by atoms with Crippen LogP contribution in [-0.2, 0) is 16.0 Å². The van der Waals surface area contributed by atoms with Crippen LogP contribution in [0.15, 0.2) is 48.5 Å². The molecule has 1 heterocycles. The number of hydrogen-bond acceptors (Lipinski definition) is 4. The van der Waals surface area contributed by atoms with Gasteiger partial charge in [-0.15, -0.1) is 0 Å². The first-order valence-corrected chi connectivity index (χ1v) is 9.62. The number of ether oxygens (including phenoxy) is 3. The average Bonchev–Trinajstić information content (AvgIpc) is 3.24. The van der Waals surface area contributed by atoms with Crippen LogP contribution >= 0.6 is 0 Å². The van der Waals surface area contributed by atoms with Crippen molar-refractivity contribution >= 4 is 12.0 Å². The summed E-state index contributed by atoms with van der Waals surface area (Å²) in [6, 6.07) is 14.7. The van der Waals surface area contributed by atoms with E-state index in [1.807, 2.05) is 19.9 Å². The van der Waals surface area contributed by atoms with Crippen molar-refractivity contribution in [1.29, 1.82) is 0 Å². The molecular weight excluding hydrogens is 352 g/mol. The molecule has 28 heavy (non-hydrogen) atoms. The molecule has 0 amide bonds. The Labute approximate surface area is 167 Å². The maximum absolute atomic E-state index is 10.4. The highest BCUT2D eigenvalue weighted by molar-refractivity contribution is 5.72. The van der Waals surface area contributed by atoms with Crippen LogP contribution in [0.25, 0.3) is 6.08 Å². The molecule has 1 atom stereocenters. The molecule has 1 aliphatic carbocycles. The van der Waals surface area contributed by atoms with Gasteiger partial charge in [0, 0.05) is 12.3 Å². The van der Waals surface area contributed by atoms with Gasteiger partial charge in [0.05, 0.1) is 14.2 Å². The summed E-state index contributed by atoms with van der Waals surface area (Å²) >= 11 is 0. The summed E-state index contributed by atoms with van der Waals surface area (Å²) in [5.74, 6) is 1.96. The van der Waals surface area contributed by atoms with Crippen LogP contribution < -0.4 is 9.47 Å². The zero-order chi connectivity index (χ0) is 20.1. The molecule has 1 aliphatic heterocycles. The third-order valence-electron chi connectivity index (χ3n) is 5.13. The summed E-state index contributed by atoms with van der Waals surface area (Å²) in [4.78, 5) is 10.4. The fourth-order valence-corrected chi connectivity index (χ4v) is 3.58. The topological polar surface area (TPSA) is 44.8 Å². The molecule has 4 nitrogen and oxygen atoms in total. The SMILES string of the molecule is CC1(C)CCC(=O)O1.COc1ccc(CC2C=Cc3ccccc32)cc1OC. The number of esters is 1. The zero-order valence-corrected chi connectivity index (χ0v) is 17.0. The Kier molecular flexibility index (Phi) is 6.08. The van der Waals surface area contributed by atoms with E-state index in [4.69, 9.17) is 14.2 Å². The zero-order valence-electron chi connectivity index (χ0n) is 17.0. The van der Waals surface area contributed by atoms with Crippen molar-refractivity contribution in [3.8, 4) is 11.5 Å². The Morgan fingerprint density at radius 1 is 1.07 bits per heavy atom. The van der Waals surface area contributed by atoms with Gasteiger partial charge in [0.25, 0.3) is 0 Å². The standard InChI is InChI=1S/C18H18O2.C6H10O2/c1-19-17-10-7-13(12-18(17)20-2)11-15-9-8-14-5-3-4-6-16(14)15;1-6(2)4-3-5(7)8-6/h3-10,12,15H,11H2,1-2H3;3-4H2,1-2H3. The molecule has 2 aromatic rings. The summed E-state index contributed by atoms with van der Waals surface area (Å²) < 4.78 is 15.6. The van der Waals surface area contributed by atoms with Gasteiger partial charge in [0.15, 0.2) is 11.5 Å². The molecule has 1 fully saturated rings. The lowest BCUT2D eigenvalue weighted by molar-refractivity contribution is -0.145. The second kappa shape index (κ2) is 8.51. The molecule has 4 rings (SSSR count). The number of cyclic esters (lactones) is 1. The van der Waals surface area contributed by atoms with E-state index < -0.39 is 0 Å². The van der Waals surface area contributed by atoms with E-state index in [0.29, 0.717) is 12.3 Å². The van der Waals surface area contributed by atoms with Crippen LogP contribution in [0.5, 0.6) is 11.5 Å². The van der Waals surface area contributed by atoms with Gasteiger partial charge < -0.3 is 14.2 Å². The van der Waals surface area contributed by atoms with Crippen molar-refractivity contribution < 1.29 is 19.0 Å². The molecule has 1 unspecified atom stereocenters. The molecule has 2 aliphatic rings. The van der Waals surface area contributed by atoms with Gasteiger partial charge in [-0.2, -0.15) is 0 Å². The Balaban J connectivity index is 0.000000236. The highest BCUT2D eigenvalue weighted by Crippen LogP contribution is 2.34. The van der Waals surface area contributed by atoms with Crippen molar-refractivity contribution in [3.63, 3.8) is 0 Å². The minimum Gasteiger partial charge on any atom is -0.493 e. The van der Waals surface area contributed by atoms with Gasteiger partial charge in [-0.25, -0.2) is 0 Å². The van der Waals surface area contributed by atoms with Crippen molar-refractivity contribution in [2.24, 2.45) is 0 Å². The number of benzene rings is 2. The molecule has 0 N–H and O–H groups in total. The summed E-state index contributed by atoms with van der Waals surface area (Å²) in [7, 11) is 3.33. The molecule has 1 saturated heterocycles. The number of allylic oxidation sites excluding steroid dienone is 1. The Bertz CT molecular complexity index is 867. The van der Waals surface area contributed by atoms with Crippen LogP contribution in [-0.4, -0.2) is 25.8 Å². The number of rotatable bonds is 4. The van der Waals surface area contributed by atoms with Crippen LogP contribution in [0.1, 0.15) is 49.3 Å². The van der Waals surface area contributed by atoms with E-state index >= 15 is 0 Å². The van der Waals surface area contributed by atoms with Crippen LogP contribution in [0.4, 0.5) is 0 Å². The van der Waals surface area contributed by atoms with E-state index in [2.05, 4.69) is 48.6 Å². The van der Waals surface area contributed by atoms with Crippen molar-refractivity contribution in [1.82, 2.24) is 0 Å². The summed E-state index contributed by atoms with van der Waals surface area (Å²) in [5, 5.41) is 0. The minimum absolute atomic E-state index is 0.0602. The fourth-order valence-electron chi connectivity index (χ4n) is 3.58. The van der Waals surface area contributed by atoms with Crippen LogP contribution in [0, 0.1) is 0 Å². The first-order chi connectivity index (χ1) is 13.4. The van der Waals surface area contributed by atoms with Crippen molar-refractivity contribution in [3.05, 3.63) is 65.2 Å². The highest BCUT2D eigenvalue weighted by atomic mass is 16.6. The van der Waals surface area contributed by atoms with Crippen LogP contribution in [0.3, 0.4) is 0 Å². The van der Waals surface area contributed by atoms with Crippen LogP contribution in [0.2, 0.25) is 0 Å². The Morgan fingerprint density at radius 2 is 1.82 bits per heavy atom. The maximum Gasteiger partial charge on any atom is 0.306 e. The number of hydrogen-bond donors (Lipinski definition) is 0. The van der Waals surface area contributed by atoms with Gasteiger partial charge in [-0.05, 0) is 55.5 Å². The molecule has 0 radical (unpaired) electrons. The third kappa shape index (κ3) is 4.75. The normalized spacial score (nSPS) is 18.7. The molecule has 0 aromatic heterocycles.